The van der Waals surface area contributed by atoms with Crippen molar-refractivity contribution in [2.24, 2.45) is 5.73 Å². The minimum atomic E-state index is 0.668. The fourth-order valence-electron chi connectivity index (χ4n) is 1.89. The highest BCUT2D eigenvalue weighted by Crippen LogP contribution is 2.25. The van der Waals surface area contributed by atoms with Gasteiger partial charge in [-0.05, 0) is 49.6 Å². The second-order valence-corrected chi connectivity index (χ2v) is 3.76. The summed E-state index contributed by atoms with van der Waals surface area (Å²) in [5, 5.41) is 1.22. The molecule has 2 aromatic rings. The highest BCUT2D eigenvalue weighted by atomic mass is 16.3. The van der Waals surface area contributed by atoms with E-state index in [1.54, 1.807) is 0 Å². The second kappa shape index (κ2) is 3.46. The summed E-state index contributed by atoms with van der Waals surface area (Å²) in [6.45, 7) is 4.85. The monoisotopic (exact) mass is 189 g/mol. The summed E-state index contributed by atoms with van der Waals surface area (Å²) in [4.78, 5) is 0. The minimum Gasteiger partial charge on any atom is -0.464 e. The summed E-state index contributed by atoms with van der Waals surface area (Å²) in [5.74, 6) is 0. The molecule has 2 rings (SSSR count). The predicted octanol–water partition coefficient (Wildman–Crippen LogP) is 2.55. The molecule has 2 nitrogen and oxygen atoms in total. The largest absolute Gasteiger partial charge is 0.464 e. The highest BCUT2D eigenvalue weighted by molar-refractivity contribution is 5.84. The Morgan fingerprint density at radius 3 is 2.79 bits per heavy atom. The Kier molecular flexibility index (Phi) is 2.30. The Bertz CT molecular complexity index is 457. The van der Waals surface area contributed by atoms with Crippen LogP contribution in [0, 0.1) is 13.8 Å². The first kappa shape index (κ1) is 9.28. The van der Waals surface area contributed by atoms with Crippen molar-refractivity contribution in [3.05, 3.63) is 35.1 Å². The van der Waals surface area contributed by atoms with Gasteiger partial charge in [-0.15, -0.1) is 0 Å². The molecule has 1 aromatic carbocycles. The van der Waals surface area contributed by atoms with E-state index in [1.807, 2.05) is 6.26 Å². The minimum absolute atomic E-state index is 0.668. The van der Waals surface area contributed by atoms with E-state index < -0.39 is 0 Å². The topological polar surface area (TPSA) is 39.2 Å². The molecule has 0 spiro atoms. The van der Waals surface area contributed by atoms with Crippen LogP contribution >= 0.6 is 0 Å². The maximum atomic E-state index is 5.55. The lowest BCUT2D eigenvalue weighted by Gasteiger charge is -1.99. The molecule has 0 atom stereocenters. The Morgan fingerprint density at radius 2 is 2.07 bits per heavy atom. The number of hydrogen-bond donors (Lipinski definition) is 1. The molecule has 0 aliphatic carbocycles. The van der Waals surface area contributed by atoms with Crippen LogP contribution in [0.1, 0.15) is 16.7 Å². The van der Waals surface area contributed by atoms with Gasteiger partial charge in [-0.1, -0.05) is 6.07 Å². The summed E-state index contributed by atoms with van der Waals surface area (Å²) in [5.41, 5.74) is 10.2. The zero-order valence-corrected chi connectivity index (χ0v) is 8.63. The third kappa shape index (κ3) is 1.42. The Morgan fingerprint density at radius 1 is 1.29 bits per heavy atom. The van der Waals surface area contributed by atoms with Crippen LogP contribution in [0.5, 0.6) is 0 Å². The number of hydrogen-bond acceptors (Lipinski definition) is 2. The van der Waals surface area contributed by atoms with Crippen LogP contribution < -0.4 is 5.73 Å². The first-order valence-corrected chi connectivity index (χ1v) is 4.90. The van der Waals surface area contributed by atoms with Gasteiger partial charge in [0, 0.05) is 5.39 Å². The summed E-state index contributed by atoms with van der Waals surface area (Å²) in [7, 11) is 0. The number of rotatable bonds is 2. The van der Waals surface area contributed by atoms with Crippen molar-refractivity contribution in [2.45, 2.75) is 20.3 Å². The smallest absolute Gasteiger partial charge is 0.137 e. The molecule has 0 aliphatic heterocycles. The molecule has 0 saturated carbocycles. The van der Waals surface area contributed by atoms with Gasteiger partial charge < -0.3 is 10.2 Å². The van der Waals surface area contributed by atoms with Crippen LogP contribution in [0.2, 0.25) is 0 Å². The van der Waals surface area contributed by atoms with Gasteiger partial charge in [0.2, 0.25) is 0 Å². The van der Waals surface area contributed by atoms with E-state index in [0.717, 1.165) is 12.0 Å². The van der Waals surface area contributed by atoms with E-state index in [2.05, 4.69) is 26.0 Å². The molecule has 0 radical (unpaired) electrons. The zero-order chi connectivity index (χ0) is 10.1. The maximum Gasteiger partial charge on any atom is 0.137 e. The fraction of sp³-hybridized carbons (Fsp3) is 0.333. The van der Waals surface area contributed by atoms with E-state index in [4.69, 9.17) is 10.2 Å². The van der Waals surface area contributed by atoms with Crippen LogP contribution in [0.3, 0.4) is 0 Å². The molecule has 1 aromatic heterocycles. The SMILES string of the molecule is Cc1cc(C)c2occ(CCN)c2c1. The van der Waals surface area contributed by atoms with Gasteiger partial charge in [-0.2, -0.15) is 0 Å². The Labute approximate surface area is 83.7 Å². The van der Waals surface area contributed by atoms with Gasteiger partial charge >= 0.3 is 0 Å². The van der Waals surface area contributed by atoms with E-state index in [9.17, 15) is 0 Å². The molecule has 14 heavy (non-hydrogen) atoms. The van der Waals surface area contributed by atoms with Crippen molar-refractivity contribution in [1.29, 1.82) is 0 Å². The quantitative estimate of drug-likeness (QED) is 0.788. The molecule has 0 unspecified atom stereocenters. The molecule has 74 valence electrons. The fourth-order valence-corrected chi connectivity index (χ4v) is 1.89. The summed E-state index contributed by atoms with van der Waals surface area (Å²) in [6.07, 6.45) is 2.71. The Hall–Kier alpha value is -1.28. The van der Waals surface area contributed by atoms with E-state index in [1.165, 1.54) is 22.1 Å². The predicted molar refractivity (Wildman–Crippen MR) is 58.4 cm³/mol. The van der Waals surface area contributed by atoms with Crippen LogP contribution in [0.15, 0.2) is 22.8 Å². The summed E-state index contributed by atoms with van der Waals surface area (Å²) >= 11 is 0. The van der Waals surface area contributed by atoms with E-state index >= 15 is 0 Å². The summed E-state index contributed by atoms with van der Waals surface area (Å²) < 4.78 is 5.53. The molecule has 0 bridgehead atoms. The molecule has 0 aliphatic rings. The van der Waals surface area contributed by atoms with Gasteiger partial charge in [-0.25, -0.2) is 0 Å². The van der Waals surface area contributed by atoms with Crippen molar-refractivity contribution in [3.8, 4) is 0 Å². The molecular formula is C12H15NO. The Balaban J connectivity index is 2.66. The zero-order valence-electron chi connectivity index (χ0n) is 8.63. The van der Waals surface area contributed by atoms with Gasteiger partial charge in [-0.3, -0.25) is 0 Å². The van der Waals surface area contributed by atoms with Crippen LogP contribution in [-0.2, 0) is 6.42 Å². The summed E-state index contributed by atoms with van der Waals surface area (Å²) in [6, 6.07) is 4.30. The number of benzene rings is 1. The van der Waals surface area contributed by atoms with Gasteiger partial charge in [0.15, 0.2) is 0 Å². The molecular weight excluding hydrogens is 174 g/mol. The normalized spacial score (nSPS) is 11.1. The van der Waals surface area contributed by atoms with Crippen LogP contribution in [0.25, 0.3) is 11.0 Å². The van der Waals surface area contributed by atoms with Crippen LogP contribution in [-0.4, -0.2) is 6.54 Å². The van der Waals surface area contributed by atoms with Gasteiger partial charge in [0.05, 0.1) is 6.26 Å². The van der Waals surface area contributed by atoms with Crippen molar-refractivity contribution in [2.75, 3.05) is 6.54 Å². The lowest BCUT2D eigenvalue weighted by molar-refractivity contribution is 0.608. The first-order chi connectivity index (χ1) is 6.72. The van der Waals surface area contributed by atoms with E-state index in [-0.39, 0.29) is 0 Å². The van der Waals surface area contributed by atoms with Crippen molar-refractivity contribution in [1.82, 2.24) is 0 Å². The molecule has 2 heteroatoms. The van der Waals surface area contributed by atoms with Gasteiger partial charge in [0.1, 0.15) is 5.58 Å². The highest BCUT2D eigenvalue weighted by Gasteiger charge is 2.07. The standard InChI is InChI=1S/C12H15NO/c1-8-5-9(2)12-11(6-8)10(3-4-13)7-14-12/h5-7H,3-4,13H2,1-2H3. The average Bonchev–Trinajstić information content (AvgIpc) is 2.49. The molecule has 1 heterocycles. The van der Waals surface area contributed by atoms with Crippen LogP contribution in [0.4, 0.5) is 0 Å². The maximum absolute atomic E-state index is 5.55. The third-order valence-corrected chi connectivity index (χ3v) is 2.50. The van der Waals surface area contributed by atoms with Crippen molar-refractivity contribution < 1.29 is 4.42 Å². The molecule has 0 saturated heterocycles. The molecule has 2 N–H and O–H groups in total. The lowest BCUT2D eigenvalue weighted by Crippen LogP contribution is -2.01. The lowest BCUT2D eigenvalue weighted by atomic mass is 10.0. The molecule has 0 fully saturated rings. The van der Waals surface area contributed by atoms with Crippen molar-refractivity contribution >= 4 is 11.0 Å². The van der Waals surface area contributed by atoms with E-state index in [0.29, 0.717) is 6.54 Å². The number of nitrogens with two attached hydrogens (primary N) is 1. The average molecular weight is 189 g/mol. The first-order valence-electron chi connectivity index (χ1n) is 4.90. The van der Waals surface area contributed by atoms with Gasteiger partial charge in [0.25, 0.3) is 0 Å². The number of furan rings is 1. The molecule has 0 amide bonds. The number of aryl methyl sites for hydroxylation is 2. The van der Waals surface area contributed by atoms with Crippen molar-refractivity contribution in [3.63, 3.8) is 0 Å². The second-order valence-electron chi connectivity index (χ2n) is 3.76. The third-order valence-electron chi connectivity index (χ3n) is 2.50. The number of fused-ring (bicyclic) bond motifs is 1.